The van der Waals surface area contributed by atoms with E-state index < -0.39 is 0 Å². The molecule has 0 aliphatic heterocycles. The quantitative estimate of drug-likeness (QED) is 0.0977. The molecule has 0 bridgehead atoms. The summed E-state index contributed by atoms with van der Waals surface area (Å²) in [6.07, 6.45) is 28.9. The van der Waals surface area contributed by atoms with E-state index in [-0.39, 0.29) is 11.4 Å². The van der Waals surface area contributed by atoms with Crippen molar-refractivity contribution >= 4 is 11.8 Å². The molecule has 39 heavy (non-hydrogen) atoms. The van der Waals surface area contributed by atoms with E-state index >= 15 is 0 Å². The first-order valence-electron chi connectivity index (χ1n) is 16.2. The molecular weight excluding hydrogens is 480 g/mol. The van der Waals surface area contributed by atoms with E-state index in [2.05, 4.69) is 50.3 Å². The Morgan fingerprint density at radius 2 is 1.64 bits per heavy atom. The predicted molar refractivity (Wildman–Crippen MR) is 161 cm³/mol. The van der Waals surface area contributed by atoms with Gasteiger partial charge in [0.05, 0.1) is 0 Å². The van der Waals surface area contributed by atoms with E-state index in [4.69, 9.17) is 4.74 Å². The lowest BCUT2D eigenvalue weighted by Crippen LogP contribution is -2.42. The number of hydrogen-bond donors (Lipinski definition) is 0. The van der Waals surface area contributed by atoms with Gasteiger partial charge in [-0.05, 0) is 105 Å². The van der Waals surface area contributed by atoms with Crippen molar-refractivity contribution in [2.24, 2.45) is 17.3 Å². The zero-order valence-electron chi connectivity index (χ0n) is 24.7. The zero-order chi connectivity index (χ0) is 27.5. The Morgan fingerprint density at radius 1 is 0.923 bits per heavy atom. The van der Waals surface area contributed by atoms with Gasteiger partial charge in [0.25, 0.3) is 0 Å². The molecule has 2 fully saturated rings. The van der Waals surface area contributed by atoms with E-state index in [1.54, 1.807) is 0 Å². The number of esters is 1. The first kappa shape index (κ1) is 29.8. The Kier molecular flexibility index (Phi) is 11.5. The highest BCUT2D eigenvalue weighted by molar-refractivity contribution is 5.87. The fourth-order valence-corrected chi connectivity index (χ4v) is 7.68. The van der Waals surface area contributed by atoms with Gasteiger partial charge < -0.3 is 4.74 Å². The van der Waals surface area contributed by atoms with E-state index in [9.17, 15) is 9.59 Å². The van der Waals surface area contributed by atoms with Crippen LogP contribution in [0.15, 0.2) is 42.5 Å². The molecule has 3 nitrogen and oxygen atoms in total. The average molecular weight is 533 g/mol. The fraction of sp³-hybridized carbons (Fsp3) is 0.667. The summed E-state index contributed by atoms with van der Waals surface area (Å²) < 4.78 is 5.74. The molecule has 4 rings (SSSR count). The van der Waals surface area contributed by atoms with Crippen molar-refractivity contribution in [3.8, 4) is 5.75 Å². The summed E-state index contributed by atoms with van der Waals surface area (Å²) in [5, 5.41) is 0. The molecule has 0 amide bonds. The van der Waals surface area contributed by atoms with Crippen LogP contribution in [0.2, 0.25) is 0 Å². The van der Waals surface area contributed by atoms with Gasteiger partial charge in [-0.15, -0.1) is 0 Å². The number of Topliss-reactive ketones (excluding diaryl/α,β-unsaturated/α-hetero) is 1. The van der Waals surface area contributed by atoms with Crippen LogP contribution >= 0.6 is 0 Å². The molecule has 1 aromatic carbocycles. The molecule has 1 aromatic rings. The summed E-state index contributed by atoms with van der Waals surface area (Å²) in [6.45, 7) is 4.48. The topological polar surface area (TPSA) is 43.4 Å². The average Bonchev–Trinajstić information content (AvgIpc) is 3.24. The van der Waals surface area contributed by atoms with E-state index in [1.807, 2.05) is 6.07 Å². The number of ether oxygens (including phenoxy) is 1. The molecule has 0 heterocycles. The van der Waals surface area contributed by atoms with Crippen LogP contribution in [0.25, 0.3) is 0 Å². The summed E-state index contributed by atoms with van der Waals surface area (Å²) >= 11 is 0. The van der Waals surface area contributed by atoms with Crippen LogP contribution in [0, 0.1) is 17.3 Å². The molecule has 3 aliphatic rings. The van der Waals surface area contributed by atoms with Crippen molar-refractivity contribution < 1.29 is 14.3 Å². The fourth-order valence-electron chi connectivity index (χ4n) is 7.68. The second-order valence-electron chi connectivity index (χ2n) is 12.7. The number of allylic oxidation sites excluding steroid dienone is 4. The zero-order valence-corrected chi connectivity index (χ0v) is 24.7. The second-order valence-corrected chi connectivity index (χ2v) is 12.7. The third-order valence-electron chi connectivity index (χ3n) is 10.00. The van der Waals surface area contributed by atoms with Gasteiger partial charge in [0.15, 0.2) is 0 Å². The molecule has 3 heteroatoms. The summed E-state index contributed by atoms with van der Waals surface area (Å²) in [7, 11) is 0. The number of carbonyl (C=O) groups is 2. The SMILES string of the molecule is CCCCC/C=C/C=C/CCCCCCCCC(=O)Oc1ccc2c(c1)CC[C@@H]1[C@@H]2CC[C@]2(C)C(=O)CC[C@@H]12. The number of benzene rings is 1. The van der Waals surface area contributed by atoms with Gasteiger partial charge in [-0.1, -0.05) is 82.7 Å². The molecule has 214 valence electrons. The highest BCUT2D eigenvalue weighted by Gasteiger charge is 2.54. The molecule has 0 radical (unpaired) electrons. The minimum absolute atomic E-state index is 0.0732. The van der Waals surface area contributed by atoms with Gasteiger partial charge in [0, 0.05) is 18.3 Å². The lowest BCUT2D eigenvalue weighted by Gasteiger charge is -2.48. The monoisotopic (exact) mass is 532 g/mol. The maximum atomic E-state index is 12.6. The van der Waals surface area contributed by atoms with Crippen molar-refractivity contribution in [2.75, 3.05) is 0 Å². The largest absolute Gasteiger partial charge is 0.427 e. The summed E-state index contributed by atoms with van der Waals surface area (Å²) in [6, 6.07) is 6.34. The van der Waals surface area contributed by atoms with Crippen LogP contribution in [-0.2, 0) is 16.0 Å². The smallest absolute Gasteiger partial charge is 0.311 e. The molecule has 0 N–H and O–H groups in total. The number of ketones is 1. The lowest BCUT2D eigenvalue weighted by atomic mass is 9.55. The van der Waals surface area contributed by atoms with Crippen molar-refractivity contribution in [1.29, 1.82) is 0 Å². The van der Waals surface area contributed by atoms with Crippen LogP contribution in [-0.4, -0.2) is 11.8 Å². The van der Waals surface area contributed by atoms with Crippen molar-refractivity contribution in [3.05, 3.63) is 53.6 Å². The van der Waals surface area contributed by atoms with Gasteiger partial charge in [-0.3, -0.25) is 9.59 Å². The van der Waals surface area contributed by atoms with Crippen LogP contribution in [0.3, 0.4) is 0 Å². The first-order chi connectivity index (χ1) is 19.0. The standard InChI is InChI=1S/C36H52O3/c1-3-4-5-6-7-8-9-10-11-12-13-14-15-16-17-18-35(38)39-29-20-22-30-28(27-29)19-21-32-31(30)25-26-36(2)33(32)23-24-34(36)37/h7-10,20,22,27,31-33H,3-6,11-19,21,23-26H2,1-2H3/b8-7+,10-9+/t31-,32-,33+,36+/m1/s1. The Morgan fingerprint density at radius 3 is 2.41 bits per heavy atom. The van der Waals surface area contributed by atoms with Crippen molar-refractivity contribution in [2.45, 2.75) is 135 Å². The highest BCUT2D eigenvalue weighted by Crippen LogP contribution is 2.59. The maximum absolute atomic E-state index is 12.6. The molecule has 2 saturated carbocycles. The second kappa shape index (κ2) is 15.0. The van der Waals surface area contributed by atoms with Crippen LogP contribution in [0.1, 0.15) is 140 Å². The molecule has 3 aliphatic carbocycles. The number of hydrogen-bond acceptors (Lipinski definition) is 3. The van der Waals surface area contributed by atoms with Gasteiger partial charge in [0.2, 0.25) is 0 Å². The van der Waals surface area contributed by atoms with Crippen LogP contribution in [0.5, 0.6) is 5.75 Å². The molecule has 0 unspecified atom stereocenters. The molecular formula is C36H52O3. The lowest BCUT2D eigenvalue weighted by molar-refractivity contribution is -0.134. The Balaban J connectivity index is 1.09. The highest BCUT2D eigenvalue weighted by atomic mass is 16.5. The summed E-state index contributed by atoms with van der Waals surface area (Å²) in [5.74, 6) is 2.86. The number of rotatable bonds is 15. The minimum Gasteiger partial charge on any atom is -0.427 e. The van der Waals surface area contributed by atoms with Crippen molar-refractivity contribution in [1.82, 2.24) is 0 Å². The summed E-state index contributed by atoms with van der Waals surface area (Å²) in [4.78, 5) is 25.0. The predicted octanol–water partition coefficient (Wildman–Crippen LogP) is 9.83. The van der Waals surface area contributed by atoms with E-state index in [0.717, 1.165) is 57.8 Å². The van der Waals surface area contributed by atoms with E-state index in [0.29, 0.717) is 35.7 Å². The van der Waals surface area contributed by atoms with Gasteiger partial charge in [-0.25, -0.2) is 0 Å². The maximum Gasteiger partial charge on any atom is 0.311 e. The number of aryl methyl sites for hydroxylation is 1. The Labute approximate surface area is 237 Å². The Hall–Kier alpha value is -2.16. The molecule has 0 aromatic heterocycles. The van der Waals surface area contributed by atoms with Gasteiger partial charge >= 0.3 is 5.97 Å². The first-order valence-corrected chi connectivity index (χ1v) is 16.2. The van der Waals surface area contributed by atoms with E-state index in [1.165, 1.54) is 62.5 Å². The normalized spacial score (nSPS) is 26.1. The van der Waals surface area contributed by atoms with Crippen LogP contribution in [0.4, 0.5) is 0 Å². The van der Waals surface area contributed by atoms with Crippen molar-refractivity contribution in [3.63, 3.8) is 0 Å². The van der Waals surface area contributed by atoms with Gasteiger partial charge in [0.1, 0.15) is 11.5 Å². The number of carbonyl (C=O) groups excluding carboxylic acids is 2. The summed E-state index contributed by atoms with van der Waals surface area (Å²) in [5.41, 5.74) is 2.73. The third-order valence-corrected chi connectivity index (χ3v) is 10.00. The number of unbranched alkanes of at least 4 members (excludes halogenated alkanes) is 9. The van der Waals surface area contributed by atoms with Gasteiger partial charge in [-0.2, -0.15) is 0 Å². The Bertz CT molecular complexity index is 1000. The molecule has 0 spiro atoms. The third kappa shape index (κ3) is 7.95. The minimum atomic E-state index is -0.102. The molecule has 0 saturated heterocycles. The molecule has 4 atom stereocenters. The number of fused-ring (bicyclic) bond motifs is 5. The van der Waals surface area contributed by atoms with Crippen LogP contribution < -0.4 is 4.74 Å².